The fourth-order valence-electron chi connectivity index (χ4n) is 2.25. The summed E-state index contributed by atoms with van der Waals surface area (Å²) in [7, 11) is 0. The van der Waals surface area contributed by atoms with Crippen LogP contribution in [0.2, 0.25) is 0 Å². The highest BCUT2D eigenvalue weighted by Gasteiger charge is 2.29. The molecule has 1 aliphatic rings. The number of aliphatic hydroxyl groups excluding tert-OH is 1. The van der Waals surface area contributed by atoms with Crippen molar-refractivity contribution >= 4 is 0 Å². The minimum absolute atomic E-state index is 0.258. The van der Waals surface area contributed by atoms with E-state index in [1.54, 1.807) is 0 Å². The van der Waals surface area contributed by atoms with E-state index in [0.717, 1.165) is 24.8 Å². The molecular formula is C13H16O. The van der Waals surface area contributed by atoms with Gasteiger partial charge in [0.15, 0.2) is 0 Å². The first-order valence-electron chi connectivity index (χ1n) is 5.19. The van der Waals surface area contributed by atoms with Crippen molar-refractivity contribution in [2.45, 2.75) is 25.4 Å². The second-order valence-corrected chi connectivity index (χ2v) is 3.97. The minimum Gasteiger partial charge on any atom is -0.388 e. The molecule has 0 saturated heterocycles. The normalized spacial score (nSPS) is 24.6. The highest BCUT2D eigenvalue weighted by molar-refractivity contribution is 5.34. The predicted octanol–water partition coefficient (Wildman–Crippen LogP) is 2.86. The van der Waals surface area contributed by atoms with Gasteiger partial charge < -0.3 is 5.11 Å². The van der Waals surface area contributed by atoms with Crippen LogP contribution in [0.15, 0.2) is 36.9 Å². The monoisotopic (exact) mass is 188 g/mol. The Hall–Kier alpha value is -1.08. The molecule has 0 spiro atoms. The van der Waals surface area contributed by atoms with Gasteiger partial charge in [-0.1, -0.05) is 30.3 Å². The first kappa shape index (κ1) is 9.47. The molecule has 0 heterocycles. The van der Waals surface area contributed by atoms with Gasteiger partial charge in [-0.3, -0.25) is 0 Å². The topological polar surface area (TPSA) is 20.2 Å². The average molecular weight is 188 g/mol. The van der Waals surface area contributed by atoms with Crippen LogP contribution >= 0.6 is 0 Å². The summed E-state index contributed by atoms with van der Waals surface area (Å²) in [6.07, 6.45) is 4.72. The van der Waals surface area contributed by atoms with E-state index >= 15 is 0 Å². The molecule has 0 aromatic heterocycles. The van der Waals surface area contributed by atoms with E-state index in [1.807, 2.05) is 24.3 Å². The smallest absolute Gasteiger partial charge is 0.0824 e. The number of allylic oxidation sites excluding steroid dienone is 1. The molecule has 2 rings (SSSR count). The summed E-state index contributed by atoms with van der Waals surface area (Å²) in [5.41, 5.74) is 2.44. The molecule has 1 aromatic rings. The summed E-state index contributed by atoms with van der Waals surface area (Å²) in [6, 6.07) is 8.19. The molecule has 14 heavy (non-hydrogen) atoms. The number of hydrogen-bond donors (Lipinski definition) is 1. The molecular weight excluding hydrogens is 172 g/mol. The number of aliphatic hydroxyl groups is 1. The lowest BCUT2D eigenvalue weighted by atomic mass is 9.98. The summed E-state index contributed by atoms with van der Waals surface area (Å²) in [4.78, 5) is 0. The van der Waals surface area contributed by atoms with E-state index in [9.17, 15) is 5.11 Å². The van der Waals surface area contributed by atoms with Crippen molar-refractivity contribution in [1.29, 1.82) is 0 Å². The van der Waals surface area contributed by atoms with Crippen molar-refractivity contribution in [3.8, 4) is 0 Å². The lowest BCUT2D eigenvalue weighted by Crippen LogP contribution is -2.06. The summed E-state index contributed by atoms with van der Waals surface area (Å²) in [5.74, 6) is 0.394. The second kappa shape index (κ2) is 3.97. The highest BCUT2D eigenvalue weighted by atomic mass is 16.3. The Morgan fingerprint density at radius 3 is 2.93 bits per heavy atom. The van der Waals surface area contributed by atoms with Gasteiger partial charge in [-0.25, -0.2) is 0 Å². The Balaban J connectivity index is 2.13. The summed E-state index contributed by atoms with van der Waals surface area (Å²) in [6.45, 7) is 3.71. The van der Waals surface area contributed by atoms with E-state index in [-0.39, 0.29) is 6.10 Å². The molecule has 0 fully saturated rings. The quantitative estimate of drug-likeness (QED) is 0.723. The second-order valence-electron chi connectivity index (χ2n) is 3.97. The molecule has 1 N–H and O–H groups in total. The van der Waals surface area contributed by atoms with Crippen LogP contribution in [-0.4, -0.2) is 5.11 Å². The van der Waals surface area contributed by atoms with Crippen molar-refractivity contribution in [2.24, 2.45) is 5.92 Å². The third kappa shape index (κ3) is 1.60. The SMILES string of the molecule is C=CCC[C@@H]1Cc2ccccc2[C@H]1O. The van der Waals surface area contributed by atoms with Gasteiger partial charge in [0, 0.05) is 0 Å². The summed E-state index contributed by atoms with van der Waals surface area (Å²) in [5, 5.41) is 10.0. The molecule has 0 saturated carbocycles. The van der Waals surface area contributed by atoms with Crippen LogP contribution in [0, 0.1) is 5.92 Å². The van der Waals surface area contributed by atoms with Crippen molar-refractivity contribution in [2.75, 3.05) is 0 Å². The lowest BCUT2D eigenvalue weighted by Gasteiger charge is -2.13. The number of benzene rings is 1. The maximum Gasteiger partial charge on any atom is 0.0824 e. The molecule has 74 valence electrons. The number of hydrogen-bond acceptors (Lipinski definition) is 1. The van der Waals surface area contributed by atoms with Crippen LogP contribution in [0.25, 0.3) is 0 Å². The Labute approximate surface area is 85.1 Å². The van der Waals surface area contributed by atoms with Gasteiger partial charge in [0.05, 0.1) is 6.10 Å². The first-order valence-corrected chi connectivity index (χ1v) is 5.19. The maximum atomic E-state index is 10.0. The van der Waals surface area contributed by atoms with E-state index in [0.29, 0.717) is 5.92 Å². The Kier molecular flexibility index (Phi) is 2.69. The molecule has 0 unspecified atom stereocenters. The maximum absolute atomic E-state index is 10.0. The molecule has 1 heteroatoms. The van der Waals surface area contributed by atoms with Crippen LogP contribution in [0.3, 0.4) is 0 Å². The van der Waals surface area contributed by atoms with Gasteiger partial charge in [0.1, 0.15) is 0 Å². The Bertz CT molecular complexity index is 330. The minimum atomic E-state index is -0.258. The fraction of sp³-hybridized carbons (Fsp3) is 0.385. The predicted molar refractivity (Wildman–Crippen MR) is 58.0 cm³/mol. The molecule has 0 bridgehead atoms. The van der Waals surface area contributed by atoms with Gasteiger partial charge in [-0.15, -0.1) is 6.58 Å². The molecule has 0 amide bonds. The van der Waals surface area contributed by atoms with Crippen molar-refractivity contribution < 1.29 is 5.11 Å². The van der Waals surface area contributed by atoms with Gasteiger partial charge >= 0.3 is 0 Å². The average Bonchev–Trinajstić information content (AvgIpc) is 2.54. The first-order chi connectivity index (χ1) is 6.83. The van der Waals surface area contributed by atoms with Crippen molar-refractivity contribution in [3.05, 3.63) is 48.0 Å². The molecule has 1 aliphatic carbocycles. The van der Waals surface area contributed by atoms with Crippen LogP contribution < -0.4 is 0 Å². The zero-order chi connectivity index (χ0) is 9.97. The molecule has 1 nitrogen and oxygen atoms in total. The summed E-state index contributed by atoms with van der Waals surface area (Å²) < 4.78 is 0. The van der Waals surface area contributed by atoms with Crippen LogP contribution in [-0.2, 0) is 6.42 Å². The van der Waals surface area contributed by atoms with E-state index in [4.69, 9.17) is 0 Å². The number of fused-ring (bicyclic) bond motifs is 1. The van der Waals surface area contributed by atoms with Gasteiger partial charge in [-0.05, 0) is 36.3 Å². The zero-order valence-electron chi connectivity index (χ0n) is 8.32. The number of rotatable bonds is 3. The van der Waals surface area contributed by atoms with Crippen molar-refractivity contribution in [1.82, 2.24) is 0 Å². The van der Waals surface area contributed by atoms with Crippen molar-refractivity contribution in [3.63, 3.8) is 0 Å². The van der Waals surface area contributed by atoms with Crippen LogP contribution in [0.5, 0.6) is 0 Å². The van der Waals surface area contributed by atoms with Crippen LogP contribution in [0.4, 0.5) is 0 Å². The zero-order valence-corrected chi connectivity index (χ0v) is 8.32. The molecule has 0 aliphatic heterocycles. The van der Waals surface area contributed by atoms with Gasteiger partial charge in [0.25, 0.3) is 0 Å². The van der Waals surface area contributed by atoms with E-state index < -0.39 is 0 Å². The lowest BCUT2D eigenvalue weighted by molar-refractivity contribution is 0.119. The van der Waals surface area contributed by atoms with Gasteiger partial charge in [-0.2, -0.15) is 0 Å². The Morgan fingerprint density at radius 1 is 1.43 bits per heavy atom. The third-order valence-corrected chi connectivity index (χ3v) is 3.04. The van der Waals surface area contributed by atoms with Crippen LogP contribution in [0.1, 0.15) is 30.1 Å². The molecule has 0 radical (unpaired) electrons. The van der Waals surface area contributed by atoms with E-state index in [2.05, 4.69) is 12.6 Å². The molecule has 1 aromatic carbocycles. The largest absolute Gasteiger partial charge is 0.388 e. The summed E-state index contributed by atoms with van der Waals surface area (Å²) >= 11 is 0. The molecule has 2 atom stereocenters. The third-order valence-electron chi connectivity index (χ3n) is 3.04. The van der Waals surface area contributed by atoms with Gasteiger partial charge in [0.2, 0.25) is 0 Å². The van der Waals surface area contributed by atoms with E-state index in [1.165, 1.54) is 5.56 Å². The fourth-order valence-corrected chi connectivity index (χ4v) is 2.25. The highest BCUT2D eigenvalue weighted by Crippen LogP contribution is 2.38. The standard InChI is InChI=1S/C13H16O/c1-2-3-6-11-9-10-7-4-5-8-12(10)13(11)14/h2,4-5,7-8,11,13-14H,1,3,6,9H2/t11-,13+/m1/s1. The Morgan fingerprint density at radius 2 is 2.21 bits per heavy atom.